The summed E-state index contributed by atoms with van der Waals surface area (Å²) < 4.78 is 45.8. The highest BCUT2D eigenvalue weighted by Crippen LogP contribution is 2.33. The Morgan fingerprint density at radius 1 is 1.19 bits per heavy atom. The van der Waals surface area contributed by atoms with Crippen molar-refractivity contribution in [3.63, 3.8) is 0 Å². The zero-order chi connectivity index (χ0) is 19.5. The number of hydrogen-bond acceptors (Lipinski definition) is 3. The Morgan fingerprint density at radius 3 is 2.35 bits per heavy atom. The minimum Gasteiger partial charge on any atom is -0.444 e. The van der Waals surface area contributed by atoms with Crippen LogP contribution in [0.3, 0.4) is 0 Å². The Morgan fingerprint density at radius 2 is 1.81 bits per heavy atom. The number of rotatable bonds is 3. The highest BCUT2D eigenvalue weighted by molar-refractivity contribution is 5.69. The van der Waals surface area contributed by atoms with Gasteiger partial charge in [-0.1, -0.05) is 30.3 Å². The van der Waals surface area contributed by atoms with Crippen molar-refractivity contribution in [3.05, 3.63) is 47.2 Å². The van der Waals surface area contributed by atoms with Crippen LogP contribution in [0.2, 0.25) is 0 Å². The molecule has 1 atom stereocenters. The van der Waals surface area contributed by atoms with Crippen LogP contribution in [0.15, 0.2) is 41.6 Å². The van der Waals surface area contributed by atoms with Gasteiger partial charge in [0, 0.05) is 24.7 Å². The fourth-order valence-corrected chi connectivity index (χ4v) is 2.75. The predicted molar refractivity (Wildman–Crippen MR) is 93.5 cm³/mol. The number of carbonyl (C=O) groups is 1. The van der Waals surface area contributed by atoms with E-state index in [-0.39, 0.29) is 24.7 Å². The molecule has 0 radical (unpaired) electrons. The summed E-state index contributed by atoms with van der Waals surface area (Å²) in [6.45, 7) is 6.54. The number of nitrogens with zero attached hydrogens (tertiary/aromatic N) is 1. The largest absolute Gasteiger partial charge is 0.444 e. The van der Waals surface area contributed by atoms with Crippen LogP contribution >= 0.6 is 0 Å². The molecular weight excluding hydrogens is 345 g/mol. The number of ether oxygens (including phenoxy) is 1. The van der Waals surface area contributed by atoms with Gasteiger partial charge in [-0.05, 0) is 33.3 Å². The third kappa shape index (κ3) is 5.41. The van der Waals surface area contributed by atoms with Gasteiger partial charge in [0.15, 0.2) is 0 Å². The standard InChI is InChI=1S/C19H25F3N2O2/c1-13(14-8-6-5-7-9-14)23-16-10-11-24(12-15(16)19(20,21)22)17(25)26-18(2,3)4/h5-9,13,23H,10-12H2,1-4H3/t13-/m1/s1. The fraction of sp³-hybridized carbons (Fsp3) is 0.526. The number of carbonyl (C=O) groups excluding carboxylic acids is 1. The Hall–Kier alpha value is -2.18. The zero-order valence-electron chi connectivity index (χ0n) is 15.5. The van der Waals surface area contributed by atoms with Crippen molar-refractivity contribution in [1.29, 1.82) is 0 Å². The molecule has 7 heteroatoms. The summed E-state index contributed by atoms with van der Waals surface area (Å²) in [5.41, 5.74) is -0.443. The van der Waals surface area contributed by atoms with Gasteiger partial charge < -0.3 is 15.0 Å². The molecule has 0 bridgehead atoms. The van der Waals surface area contributed by atoms with E-state index in [1.54, 1.807) is 20.8 Å². The normalized spacial score (nSPS) is 17.1. The van der Waals surface area contributed by atoms with Crippen LogP contribution in [0, 0.1) is 0 Å². The lowest BCUT2D eigenvalue weighted by Gasteiger charge is -2.34. The SMILES string of the molecule is C[C@@H](NC1=C(C(F)(F)F)CN(C(=O)OC(C)(C)C)CC1)c1ccccc1. The van der Waals surface area contributed by atoms with Gasteiger partial charge in [-0.25, -0.2) is 4.79 Å². The van der Waals surface area contributed by atoms with E-state index < -0.39 is 30.0 Å². The van der Waals surface area contributed by atoms with E-state index >= 15 is 0 Å². The number of amides is 1. The van der Waals surface area contributed by atoms with Gasteiger partial charge in [-0.2, -0.15) is 13.2 Å². The van der Waals surface area contributed by atoms with E-state index in [1.807, 2.05) is 37.3 Å². The average molecular weight is 370 g/mol. The smallest absolute Gasteiger partial charge is 0.416 e. The van der Waals surface area contributed by atoms with E-state index in [9.17, 15) is 18.0 Å². The van der Waals surface area contributed by atoms with Crippen LogP contribution in [0.1, 0.15) is 45.7 Å². The molecule has 2 rings (SSSR count). The number of hydrogen-bond donors (Lipinski definition) is 1. The Bertz CT molecular complexity index is 664. The quantitative estimate of drug-likeness (QED) is 0.831. The number of nitrogens with one attached hydrogen (secondary N) is 1. The number of alkyl halides is 3. The molecule has 26 heavy (non-hydrogen) atoms. The Labute approximate surface area is 152 Å². The minimum atomic E-state index is -4.51. The third-order valence-electron chi connectivity index (χ3n) is 4.03. The first kappa shape index (κ1) is 20.1. The van der Waals surface area contributed by atoms with Crippen molar-refractivity contribution in [3.8, 4) is 0 Å². The van der Waals surface area contributed by atoms with Crippen molar-refractivity contribution in [2.24, 2.45) is 0 Å². The molecule has 0 fully saturated rings. The maximum Gasteiger partial charge on any atom is 0.416 e. The zero-order valence-corrected chi connectivity index (χ0v) is 15.5. The predicted octanol–water partition coefficient (Wildman–Crippen LogP) is 4.79. The summed E-state index contributed by atoms with van der Waals surface area (Å²) in [7, 11) is 0. The van der Waals surface area contributed by atoms with Gasteiger partial charge in [-0.15, -0.1) is 0 Å². The minimum absolute atomic E-state index is 0.102. The molecule has 1 aliphatic rings. The monoisotopic (exact) mass is 370 g/mol. The first-order chi connectivity index (χ1) is 12.0. The summed E-state index contributed by atoms with van der Waals surface area (Å²) in [5, 5.41) is 2.98. The van der Waals surface area contributed by atoms with Crippen LogP contribution in [0.5, 0.6) is 0 Å². The van der Waals surface area contributed by atoms with Gasteiger partial charge in [0.25, 0.3) is 0 Å². The number of halogens is 3. The molecule has 4 nitrogen and oxygen atoms in total. The summed E-state index contributed by atoms with van der Waals surface area (Å²) in [4.78, 5) is 13.2. The van der Waals surface area contributed by atoms with Crippen molar-refractivity contribution in [1.82, 2.24) is 10.2 Å². The molecule has 1 aliphatic heterocycles. The lowest BCUT2D eigenvalue weighted by molar-refractivity contribution is -0.0985. The molecule has 0 saturated carbocycles. The maximum absolute atomic E-state index is 13.5. The van der Waals surface area contributed by atoms with Crippen LogP contribution in [-0.2, 0) is 4.74 Å². The molecule has 0 aliphatic carbocycles. The Kier molecular flexibility index (Phi) is 5.88. The van der Waals surface area contributed by atoms with Gasteiger partial charge >= 0.3 is 12.3 Å². The second-order valence-corrected chi connectivity index (χ2v) is 7.38. The van der Waals surface area contributed by atoms with Crippen LogP contribution < -0.4 is 5.32 Å². The van der Waals surface area contributed by atoms with E-state index in [2.05, 4.69) is 5.32 Å². The molecule has 0 spiro atoms. The van der Waals surface area contributed by atoms with E-state index in [1.165, 1.54) is 0 Å². The molecule has 0 aromatic heterocycles. The lowest BCUT2D eigenvalue weighted by atomic mass is 10.0. The van der Waals surface area contributed by atoms with E-state index in [0.29, 0.717) is 0 Å². The van der Waals surface area contributed by atoms with Crippen LogP contribution in [0.25, 0.3) is 0 Å². The fourth-order valence-electron chi connectivity index (χ4n) is 2.75. The van der Waals surface area contributed by atoms with Crippen molar-refractivity contribution in [2.75, 3.05) is 13.1 Å². The molecule has 1 heterocycles. The van der Waals surface area contributed by atoms with Crippen molar-refractivity contribution in [2.45, 2.75) is 51.9 Å². The molecule has 1 N–H and O–H groups in total. The molecule has 0 unspecified atom stereocenters. The van der Waals surface area contributed by atoms with E-state index in [4.69, 9.17) is 4.74 Å². The highest BCUT2D eigenvalue weighted by Gasteiger charge is 2.41. The summed E-state index contributed by atoms with van der Waals surface area (Å²) in [6.07, 6.45) is -5.14. The summed E-state index contributed by atoms with van der Waals surface area (Å²) in [5.74, 6) is 0. The molecule has 0 saturated heterocycles. The average Bonchev–Trinajstić information content (AvgIpc) is 2.53. The molecular formula is C19H25F3N2O2. The topological polar surface area (TPSA) is 41.6 Å². The maximum atomic E-state index is 13.5. The van der Waals surface area contributed by atoms with Crippen molar-refractivity contribution >= 4 is 6.09 Å². The molecule has 1 aromatic carbocycles. The third-order valence-corrected chi connectivity index (χ3v) is 4.03. The molecule has 1 aromatic rings. The van der Waals surface area contributed by atoms with Gasteiger partial charge in [0.05, 0.1) is 12.1 Å². The van der Waals surface area contributed by atoms with Crippen LogP contribution in [0.4, 0.5) is 18.0 Å². The first-order valence-electron chi connectivity index (χ1n) is 8.56. The van der Waals surface area contributed by atoms with E-state index in [0.717, 1.165) is 10.5 Å². The molecule has 1 amide bonds. The highest BCUT2D eigenvalue weighted by atomic mass is 19.4. The second kappa shape index (κ2) is 7.60. The van der Waals surface area contributed by atoms with Gasteiger partial charge in [0.1, 0.15) is 5.60 Å². The molecule has 144 valence electrons. The van der Waals surface area contributed by atoms with Crippen LogP contribution in [-0.4, -0.2) is 35.9 Å². The van der Waals surface area contributed by atoms with Gasteiger partial charge in [-0.3, -0.25) is 0 Å². The van der Waals surface area contributed by atoms with Gasteiger partial charge in [0.2, 0.25) is 0 Å². The number of benzene rings is 1. The second-order valence-electron chi connectivity index (χ2n) is 7.38. The van der Waals surface area contributed by atoms with Crippen molar-refractivity contribution < 1.29 is 22.7 Å². The summed E-state index contributed by atoms with van der Waals surface area (Å²) in [6, 6.07) is 9.00. The first-order valence-corrected chi connectivity index (χ1v) is 8.56. The summed E-state index contributed by atoms with van der Waals surface area (Å²) >= 11 is 0. The lowest BCUT2D eigenvalue weighted by Crippen LogP contribution is -2.44. The Balaban J connectivity index is 2.19.